The average molecular weight is 601 g/mol. The Bertz CT molecular complexity index is 1650. The average Bonchev–Trinajstić information content (AvgIpc) is 3.67. The van der Waals surface area contributed by atoms with Gasteiger partial charge in [0.15, 0.2) is 10.9 Å². The summed E-state index contributed by atoms with van der Waals surface area (Å²) in [7, 11) is 1.65. The molecule has 3 heterocycles. The zero-order chi connectivity index (χ0) is 28.9. The molecule has 0 saturated carbocycles. The number of ether oxygens (including phenoxy) is 1. The van der Waals surface area contributed by atoms with Gasteiger partial charge in [0.05, 0.1) is 12.9 Å². The number of benzene rings is 3. The van der Waals surface area contributed by atoms with E-state index >= 15 is 0 Å². The van der Waals surface area contributed by atoms with Crippen molar-refractivity contribution in [2.45, 2.75) is 17.3 Å². The first-order valence-corrected chi connectivity index (χ1v) is 14.9. The van der Waals surface area contributed by atoms with E-state index in [-0.39, 0.29) is 5.91 Å². The summed E-state index contributed by atoms with van der Waals surface area (Å²) in [4.78, 5) is 21.7. The van der Waals surface area contributed by atoms with Gasteiger partial charge in [-0.05, 0) is 48.0 Å². The van der Waals surface area contributed by atoms with Crippen molar-refractivity contribution in [2.24, 2.45) is 0 Å². The van der Waals surface area contributed by atoms with Crippen LogP contribution in [0.3, 0.4) is 0 Å². The van der Waals surface area contributed by atoms with E-state index in [4.69, 9.17) is 20.8 Å². The van der Waals surface area contributed by atoms with Crippen LogP contribution in [0.1, 0.15) is 27.8 Å². The highest BCUT2D eigenvalue weighted by atomic mass is 35.5. The predicted molar refractivity (Wildman–Crippen MR) is 163 cm³/mol. The SMILES string of the molecule is COc1ccc(-n2c(Cc3ccccc3)nnc2SCc2nc(C(=O)N3CCN(c4cccc(Cl)c4)CC3)co2)cc1. The molecule has 214 valence electrons. The standard InChI is InChI=1S/C31H29ClN6O3S/c1-40-26-12-10-24(11-13-26)38-28(18-22-6-3-2-4-7-22)34-35-31(38)42-21-29-33-27(20-41-29)30(39)37-16-14-36(15-17-37)25-9-5-8-23(32)19-25/h2-13,19-20H,14-18,21H2,1H3. The first-order chi connectivity index (χ1) is 20.6. The normalized spacial score (nSPS) is 13.4. The summed E-state index contributed by atoms with van der Waals surface area (Å²) in [6, 6.07) is 25.7. The molecule has 2 aromatic heterocycles. The summed E-state index contributed by atoms with van der Waals surface area (Å²) in [6.07, 6.45) is 2.07. The summed E-state index contributed by atoms with van der Waals surface area (Å²) in [6.45, 7) is 2.63. The lowest BCUT2D eigenvalue weighted by Crippen LogP contribution is -2.48. The van der Waals surface area contributed by atoms with E-state index in [1.807, 2.05) is 76.2 Å². The molecular weight excluding hydrogens is 572 g/mol. The smallest absolute Gasteiger partial charge is 0.275 e. The van der Waals surface area contributed by atoms with Crippen LogP contribution in [0, 0.1) is 0 Å². The maximum atomic E-state index is 13.2. The lowest BCUT2D eigenvalue weighted by Gasteiger charge is -2.35. The highest BCUT2D eigenvalue weighted by molar-refractivity contribution is 7.98. The van der Waals surface area contributed by atoms with Crippen molar-refractivity contribution in [1.82, 2.24) is 24.6 Å². The second kappa shape index (κ2) is 12.7. The second-order valence-electron chi connectivity index (χ2n) is 9.77. The van der Waals surface area contributed by atoms with Crippen LogP contribution in [0.4, 0.5) is 5.69 Å². The second-order valence-corrected chi connectivity index (χ2v) is 11.1. The molecule has 0 aliphatic carbocycles. The van der Waals surface area contributed by atoms with Crippen molar-refractivity contribution in [1.29, 1.82) is 0 Å². The lowest BCUT2D eigenvalue weighted by atomic mass is 10.1. The number of thioether (sulfide) groups is 1. The summed E-state index contributed by atoms with van der Waals surface area (Å²) >= 11 is 7.61. The maximum absolute atomic E-state index is 13.2. The Morgan fingerprint density at radius 1 is 0.952 bits per heavy atom. The summed E-state index contributed by atoms with van der Waals surface area (Å²) < 4.78 is 13.1. The van der Waals surface area contributed by atoms with Crippen molar-refractivity contribution in [3.8, 4) is 11.4 Å². The van der Waals surface area contributed by atoms with Crippen LogP contribution >= 0.6 is 23.4 Å². The predicted octanol–water partition coefficient (Wildman–Crippen LogP) is 5.76. The molecular formula is C31H29ClN6O3S. The molecule has 9 nitrogen and oxygen atoms in total. The fourth-order valence-electron chi connectivity index (χ4n) is 4.88. The molecule has 0 bridgehead atoms. The fraction of sp³-hybridized carbons (Fsp3) is 0.226. The summed E-state index contributed by atoms with van der Waals surface area (Å²) in [5.41, 5.74) is 3.43. The molecule has 3 aromatic carbocycles. The third-order valence-corrected chi connectivity index (χ3v) is 8.22. The quantitative estimate of drug-likeness (QED) is 0.197. The topological polar surface area (TPSA) is 89.5 Å². The molecule has 1 aliphatic rings. The van der Waals surface area contributed by atoms with Gasteiger partial charge in [0.2, 0.25) is 5.89 Å². The molecule has 1 fully saturated rings. The molecule has 0 spiro atoms. The van der Waals surface area contributed by atoms with Crippen LogP contribution in [-0.2, 0) is 12.2 Å². The monoisotopic (exact) mass is 600 g/mol. The van der Waals surface area contributed by atoms with Gasteiger partial charge in [-0.3, -0.25) is 9.36 Å². The van der Waals surface area contributed by atoms with Crippen LogP contribution in [-0.4, -0.2) is 63.8 Å². The van der Waals surface area contributed by atoms with Gasteiger partial charge in [-0.25, -0.2) is 4.98 Å². The number of carbonyl (C=O) groups excluding carboxylic acids is 1. The highest BCUT2D eigenvalue weighted by Crippen LogP contribution is 2.28. The van der Waals surface area contributed by atoms with Crippen molar-refractivity contribution < 1.29 is 13.9 Å². The molecule has 1 amide bonds. The van der Waals surface area contributed by atoms with Crippen LogP contribution in [0.2, 0.25) is 5.02 Å². The van der Waals surface area contributed by atoms with Crippen molar-refractivity contribution in [3.63, 3.8) is 0 Å². The molecule has 0 radical (unpaired) electrons. The third-order valence-electron chi connectivity index (χ3n) is 7.07. The summed E-state index contributed by atoms with van der Waals surface area (Å²) in [5.74, 6) is 2.31. The molecule has 0 atom stereocenters. The summed E-state index contributed by atoms with van der Waals surface area (Å²) in [5, 5.41) is 10.4. The number of methoxy groups -OCH3 is 1. The maximum Gasteiger partial charge on any atom is 0.275 e. The minimum absolute atomic E-state index is 0.132. The molecule has 0 unspecified atom stereocenters. The van der Waals surface area contributed by atoms with Crippen molar-refractivity contribution >= 4 is 35.0 Å². The minimum Gasteiger partial charge on any atom is -0.497 e. The lowest BCUT2D eigenvalue weighted by molar-refractivity contribution is 0.0740. The van der Waals surface area contributed by atoms with E-state index in [2.05, 4.69) is 32.2 Å². The zero-order valence-corrected chi connectivity index (χ0v) is 24.6. The minimum atomic E-state index is -0.132. The van der Waals surface area contributed by atoms with Crippen LogP contribution in [0.25, 0.3) is 5.69 Å². The first-order valence-electron chi connectivity index (χ1n) is 13.6. The molecule has 1 saturated heterocycles. The molecule has 6 rings (SSSR count). The van der Waals surface area contributed by atoms with Crippen molar-refractivity contribution in [3.05, 3.63) is 113 Å². The zero-order valence-electron chi connectivity index (χ0n) is 23.0. The third kappa shape index (κ3) is 6.29. The largest absolute Gasteiger partial charge is 0.497 e. The van der Waals surface area contributed by atoms with Gasteiger partial charge in [0, 0.05) is 49.0 Å². The number of halogens is 1. The van der Waals surface area contributed by atoms with E-state index in [1.165, 1.54) is 18.0 Å². The molecule has 0 N–H and O–H groups in total. The van der Waals surface area contributed by atoms with Gasteiger partial charge in [-0.2, -0.15) is 0 Å². The number of amides is 1. The Hall–Kier alpha value is -4.28. The number of anilines is 1. The van der Waals surface area contributed by atoms with E-state index in [0.29, 0.717) is 47.0 Å². The van der Waals surface area contributed by atoms with Gasteiger partial charge in [-0.15, -0.1) is 10.2 Å². The van der Waals surface area contributed by atoms with Crippen LogP contribution in [0.15, 0.2) is 94.7 Å². The Balaban J connectivity index is 1.13. The van der Waals surface area contributed by atoms with Gasteiger partial charge < -0.3 is 19.0 Å². The first kappa shape index (κ1) is 27.9. The molecule has 11 heteroatoms. The molecule has 42 heavy (non-hydrogen) atoms. The molecule has 1 aliphatic heterocycles. The molecule has 5 aromatic rings. The number of aromatic nitrogens is 4. The van der Waals surface area contributed by atoms with Gasteiger partial charge in [0.25, 0.3) is 5.91 Å². The Kier molecular flexibility index (Phi) is 8.43. The highest BCUT2D eigenvalue weighted by Gasteiger charge is 2.25. The number of carbonyl (C=O) groups is 1. The van der Waals surface area contributed by atoms with Gasteiger partial charge in [0.1, 0.15) is 17.8 Å². The Morgan fingerprint density at radius 3 is 2.48 bits per heavy atom. The van der Waals surface area contributed by atoms with Gasteiger partial charge >= 0.3 is 0 Å². The number of oxazole rings is 1. The van der Waals surface area contributed by atoms with Crippen LogP contribution in [0.5, 0.6) is 5.75 Å². The number of rotatable bonds is 9. The van der Waals surface area contributed by atoms with E-state index in [1.54, 1.807) is 7.11 Å². The number of hydrogen-bond acceptors (Lipinski definition) is 8. The Morgan fingerprint density at radius 2 is 1.74 bits per heavy atom. The number of piperazine rings is 1. The number of hydrogen-bond donors (Lipinski definition) is 0. The van der Waals surface area contributed by atoms with E-state index in [0.717, 1.165) is 41.6 Å². The van der Waals surface area contributed by atoms with E-state index < -0.39 is 0 Å². The number of nitrogens with zero attached hydrogens (tertiary/aromatic N) is 6. The van der Waals surface area contributed by atoms with Crippen molar-refractivity contribution in [2.75, 3.05) is 38.2 Å². The van der Waals surface area contributed by atoms with Crippen LogP contribution < -0.4 is 9.64 Å². The Labute approximate surface area is 253 Å². The van der Waals surface area contributed by atoms with E-state index in [9.17, 15) is 4.79 Å². The fourth-order valence-corrected chi connectivity index (χ4v) is 5.89. The van der Waals surface area contributed by atoms with Gasteiger partial charge in [-0.1, -0.05) is 59.8 Å².